The Morgan fingerprint density at radius 1 is 1.14 bits per heavy atom. The number of piperazine rings is 1. The molecule has 0 N–H and O–H groups in total. The van der Waals surface area contributed by atoms with E-state index in [2.05, 4.69) is 0 Å². The topological polar surface area (TPSA) is 87.2 Å². The number of benzene rings is 1. The van der Waals surface area contributed by atoms with E-state index >= 15 is 0 Å². The lowest BCUT2D eigenvalue weighted by Gasteiger charge is -2.38. The molecule has 1 aromatic carbocycles. The first kappa shape index (κ1) is 22.0. The fourth-order valence-electron chi connectivity index (χ4n) is 3.32. The molecule has 1 unspecified atom stereocenters. The molecule has 1 fully saturated rings. The molecule has 1 saturated heterocycles. The lowest BCUT2D eigenvalue weighted by Crippen LogP contribution is -2.56. The van der Waals surface area contributed by atoms with Crippen molar-refractivity contribution in [3.63, 3.8) is 0 Å². The number of carbonyl (C=O) groups excluding carboxylic acids is 2. The third kappa shape index (κ3) is 4.95. The van der Waals surface area contributed by atoms with Crippen molar-refractivity contribution >= 4 is 27.7 Å². The van der Waals surface area contributed by atoms with Crippen molar-refractivity contribution in [1.29, 1.82) is 0 Å². The maximum Gasteiger partial charge on any atom is 0.409 e. The van der Waals surface area contributed by atoms with Crippen LogP contribution in [-0.4, -0.2) is 75.3 Å². The van der Waals surface area contributed by atoms with Crippen LogP contribution in [0.15, 0.2) is 18.2 Å². The van der Waals surface area contributed by atoms with Gasteiger partial charge in [0.15, 0.2) is 0 Å². The highest BCUT2D eigenvalue weighted by Crippen LogP contribution is 2.27. The van der Waals surface area contributed by atoms with Crippen LogP contribution >= 0.6 is 0 Å². The van der Waals surface area contributed by atoms with E-state index in [1.54, 1.807) is 29.7 Å². The maximum atomic E-state index is 13.0. The summed E-state index contributed by atoms with van der Waals surface area (Å²) in [6, 6.07) is 4.64. The Balaban J connectivity index is 2.19. The molecule has 0 saturated carbocycles. The van der Waals surface area contributed by atoms with Crippen LogP contribution < -0.4 is 4.31 Å². The van der Waals surface area contributed by atoms with Crippen LogP contribution in [0, 0.1) is 13.8 Å². The number of hydrogen-bond donors (Lipinski definition) is 0. The van der Waals surface area contributed by atoms with E-state index in [9.17, 15) is 18.0 Å². The molecule has 1 atom stereocenters. The third-order valence-corrected chi connectivity index (χ3v) is 6.01. The standard InChI is InChI=1S/C19H29N3O5S/c1-6-27-19(24)21-11-9-20(10-12-21)18(23)16(4)22(28(5,25)26)17-13-14(2)7-8-15(17)3/h7-8,13,16H,6,9-12H2,1-5H3. The number of carbonyl (C=O) groups is 2. The predicted molar refractivity (Wildman–Crippen MR) is 108 cm³/mol. The normalized spacial score (nSPS) is 15.9. The fourth-order valence-corrected chi connectivity index (χ4v) is 4.54. The number of hydrogen-bond acceptors (Lipinski definition) is 5. The maximum absolute atomic E-state index is 13.0. The van der Waals surface area contributed by atoms with E-state index in [-0.39, 0.29) is 5.91 Å². The molecule has 0 bridgehead atoms. The average Bonchev–Trinajstić information content (AvgIpc) is 2.63. The molecule has 1 aliphatic rings. The van der Waals surface area contributed by atoms with Gasteiger partial charge in [-0.1, -0.05) is 12.1 Å². The summed E-state index contributed by atoms with van der Waals surface area (Å²) in [5, 5.41) is 0. The first-order chi connectivity index (χ1) is 13.1. The summed E-state index contributed by atoms with van der Waals surface area (Å²) in [6.07, 6.45) is 0.716. The van der Waals surface area contributed by atoms with Crippen LogP contribution in [0.4, 0.5) is 10.5 Å². The zero-order chi connectivity index (χ0) is 21.1. The summed E-state index contributed by atoms with van der Waals surface area (Å²) in [5.41, 5.74) is 2.20. The van der Waals surface area contributed by atoms with Crippen LogP contribution in [0.2, 0.25) is 0 Å². The number of anilines is 1. The van der Waals surface area contributed by atoms with Crippen LogP contribution in [0.25, 0.3) is 0 Å². The van der Waals surface area contributed by atoms with Gasteiger partial charge >= 0.3 is 6.09 Å². The molecule has 0 radical (unpaired) electrons. The molecular weight excluding hydrogens is 382 g/mol. The van der Waals surface area contributed by atoms with Crippen molar-refractivity contribution in [2.45, 2.75) is 33.7 Å². The first-order valence-electron chi connectivity index (χ1n) is 9.33. The van der Waals surface area contributed by atoms with E-state index in [1.165, 1.54) is 4.31 Å². The molecule has 0 aromatic heterocycles. The van der Waals surface area contributed by atoms with Gasteiger partial charge in [0.05, 0.1) is 18.6 Å². The van der Waals surface area contributed by atoms with Gasteiger partial charge in [-0.3, -0.25) is 9.10 Å². The molecule has 1 aliphatic heterocycles. The molecule has 1 heterocycles. The van der Waals surface area contributed by atoms with Gasteiger partial charge < -0.3 is 14.5 Å². The summed E-state index contributed by atoms with van der Waals surface area (Å²) in [6.45, 7) is 8.74. The summed E-state index contributed by atoms with van der Waals surface area (Å²) >= 11 is 0. The Labute approximate surface area is 167 Å². The summed E-state index contributed by atoms with van der Waals surface area (Å²) in [4.78, 5) is 28.0. The van der Waals surface area contributed by atoms with E-state index in [4.69, 9.17) is 4.74 Å². The lowest BCUT2D eigenvalue weighted by molar-refractivity contribution is -0.133. The zero-order valence-electron chi connectivity index (χ0n) is 17.1. The van der Waals surface area contributed by atoms with E-state index < -0.39 is 22.2 Å². The van der Waals surface area contributed by atoms with Crippen molar-refractivity contribution in [3.05, 3.63) is 29.3 Å². The minimum atomic E-state index is -3.67. The smallest absolute Gasteiger partial charge is 0.409 e. The lowest BCUT2D eigenvalue weighted by atomic mass is 10.1. The van der Waals surface area contributed by atoms with Gasteiger partial charge in [-0.25, -0.2) is 13.2 Å². The van der Waals surface area contributed by atoms with Gasteiger partial charge in [0.2, 0.25) is 15.9 Å². The molecular formula is C19H29N3O5S. The molecule has 0 spiro atoms. The zero-order valence-corrected chi connectivity index (χ0v) is 18.0. The molecule has 9 heteroatoms. The Hall–Kier alpha value is -2.29. The predicted octanol–water partition coefficient (Wildman–Crippen LogP) is 1.76. The molecule has 0 aliphatic carbocycles. The SMILES string of the molecule is CCOC(=O)N1CCN(C(=O)C(C)N(c2cc(C)ccc2C)S(C)(=O)=O)CC1. The summed E-state index contributed by atoms with van der Waals surface area (Å²) in [7, 11) is -3.67. The quantitative estimate of drug-likeness (QED) is 0.737. The van der Waals surface area contributed by atoms with Crippen molar-refractivity contribution in [3.8, 4) is 0 Å². The second kappa shape index (κ2) is 8.81. The Morgan fingerprint density at radius 2 is 1.71 bits per heavy atom. The third-order valence-electron chi connectivity index (χ3n) is 4.79. The molecule has 2 amide bonds. The van der Waals surface area contributed by atoms with E-state index in [0.29, 0.717) is 38.5 Å². The number of sulfonamides is 1. The van der Waals surface area contributed by atoms with E-state index in [0.717, 1.165) is 17.4 Å². The van der Waals surface area contributed by atoms with Gasteiger partial charge in [0, 0.05) is 26.2 Å². The van der Waals surface area contributed by atoms with Crippen LogP contribution in [0.1, 0.15) is 25.0 Å². The molecule has 28 heavy (non-hydrogen) atoms. The van der Waals surface area contributed by atoms with Crippen LogP contribution in [0.3, 0.4) is 0 Å². The molecule has 2 rings (SSSR count). The average molecular weight is 412 g/mol. The molecule has 8 nitrogen and oxygen atoms in total. The summed E-state index contributed by atoms with van der Waals surface area (Å²) < 4.78 is 31.2. The summed E-state index contributed by atoms with van der Waals surface area (Å²) in [5.74, 6) is -0.283. The van der Waals surface area contributed by atoms with Gasteiger partial charge in [0.1, 0.15) is 6.04 Å². The number of amides is 2. The van der Waals surface area contributed by atoms with Crippen molar-refractivity contribution < 1.29 is 22.7 Å². The van der Waals surface area contributed by atoms with Crippen LogP contribution in [0.5, 0.6) is 0 Å². The monoisotopic (exact) mass is 411 g/mol. The fraction of sp³-hybridized carbons (Fsp3) is 0.579. The Bertz CT molecular complexity index is 832. The number of aryl methyl sites for hydroxylation is 2. The van der Waals surface area contributed by atoms with Gasteiger partial charge in [-0.15, -0.1) is 0 Å². The highest BCUT2D eigenvalue weighted by atomic mass is 32.2. The highest BCUT2D eigenvalue weighted by Gasteiger charge is 2.34. The number of rotatable bonds is 5. The van der Waals surface area contributed by atoms with Crippen molar-refractivity contribution in [2.24, 2.45) is 0 Å². The minimum absolute atomic E-state index is 0.283. The van der Waals surface area contributed by atoms with Gasteiger partial charge in [0.25, 0.3) is 0 Å². The minimum Gasteiger partial charge on any atom is -0.450 e. The Morgan fingerprint density at radius 3 is 2.25 bits per heavy atom. The molecule has 156 valence electrons. The van der Waals surface area contributed by atoms with Crippen molar-refractivity contribution in [2.75, 3.05) is 43.3 Å². The largest absolute Gasteiger partial charge is 0.450 e. The van der Waals surface area contributed by atoms with E-state index in [1.807, 2.05) is 26.0 Å². The highest BCUT2D eigenvalue weighted by molar-refractivity contribution is 7.92. The number of nitrogens with zero attached hydrogens (tertiary/aromatic N) is 3. The molecule has 1 aromatic rings. The Kier molecular flexibility index (Phi) is 6.92. The van der Waals surface area contributed by atoms with Gasteiger partial charge in [-0.05, 0) is 44.9 Å². The number of ether oxygens (including phenoxy) is 1. The second-order valence-corrected chi connectivity index (χ2v) is 8.90. The van der Waals surface area contributed by atoms with Crippen LogP contribution in [-0.2, 0) is 19.6 Å². The van der Waals surface area contributed by atoms with Gasteiger partial charge in [-0.2, -0.15) is 0 Å². The van der Waals surface area contributed by atoms with Crippen molar-refractivity contribution in [1.82, 2.24) is 9.80 Å². The first-order valence-corrected chi connectivity index (χ1v) is 11.2. The second-order valence-electron chi connectivity index (χ2n) is 7.04.